The highest BCUT2D eigenvalue weighted by molar-refractivity contribution is 5.94. The van der Waals surface area contributed by atoms with Gasteiger partial charge < -0.3 is 15.6 Å². The number of hydrogen-bond acceptors (Lipinski definition) is 3. The predicted octanol–water partition coefficient (Wildman–Crippen LogP) is 2.35. The van der Waals surface area contributed by atoms with Crippen LogP contribution in [0.5, 0.6) is 0 Å². The van der Waals surface area contributed by atoms with E-state index in [4.69, 9.17) is 5.73 Å². The number of pyridine rings is 1. The zero-order chi connectivity index (χ0) is 17.7. The molecule has 128 valence electrons. The number of aromatic nitrogens is 1. The molecule has 1 heterocycles. The van der Waals surface area contributed by atoms with Crippen LogP contribution in [0.4, 0.5) is 10.1 Å². The van der Waals surface area contributed by atoms with E-state index in [1.54, 1.807) is 30.5 Å². The van der Waals surface area contributed by atoms with E-state index < -0.39 is 6.04 Å². The van der Waals surface area contributed by atoms with E-state index in [0.29, 0.717) is 13.0 Å². The van der Waals surface area contributed by atoms with E-state index in [1.165, 1.54) is 16.7 Å². The molecule has 24 heavy (non-hydrogen) atoms. The van der Waals surface area contributed by atoms with Crippen molar-refractivity contribution in [1.82, 2.24) is 4.57 Å². The molecular weight excluding hydrogens is 309 g/mol. The van der Waals surface area contributed by atoms with Gasteiger partial charge >= 0.3 is 0 Å². The summed E-state index contributed by atoms with van der Waals surface area (Å²) in [5.41, 5.74) is 6.48. The minimum absolute atomic E-state index is 0.184. The number of amides is 1. The second kappa shape index (κ2) is 7.88. The van der Waals surface area contributed by atoms with Crippen LogP contribution in [-0.2, 0) is 11.3 Å². The number of rotatable bonds is 6. The van der Waals surface area contributed by atoms with E-state index >= 15 is 0 Å². The second-order valence-corrected chi connectivity index (χ2v) is 6.21. The highest BCUT2D eigenvalue weighted by Crippen LogP contribution is 2.08. The molecule has 0 saturated heterocycles. The van der Waals surface area contributed by atoms with Crippen LogP contribution < -0.4 is 16.6 Å². The molecule has 1 aromatic carbocycles. The van der Waals surface area contributed by atoms with Crippen LogP contribution >= 0.6 is 0 Å². The number of nitrogens with one attached hydrogen (secondary N) is 1. The Labute approximate surface area is 140 Å². The van der Waals surface area contributed by atoms with E-state index in [2.05, 4.69) is 5.32 Å². The molecule has 5 nitrogen and oxygen atoms in total. The van der Waals surface area contributed by atoms with Crippen molar-refractivity contribution in [2.45, 2.75) is 32.9 Å². The maximum atomic E-state index is 13.0. The smallest absolute Gasteiger partial charge is 0.274 e. The molecule has 1 amide bonds. The van der Waals surface area contributed by atoms with Gasteiger partial charge in [-0.05, 0) is 42.2 Å². The van der Waals surface area contributed by atoms with Gasteiger partial charge in [-0.3, -0.25) is 9.59 Å². The lowest BCUT2D eigenvalue weighted by Crippen LogP contribution is -2.38. The third kappa shape index (κ3) is 4.76. The first-order chi connectivity index (χ1) is 11.4. The van der Waals surface area contributed by atoms with Gasteiger partial charge in [0.25, 0.3) is 5.56 Å². The van der Waals surface area contributed by atoms with E-state index in [0.717, 1.165) is 5.56 Å². The van der Waals surface area contributed by atoms with Crippen LogP contribution in [0.2, 0.25) is 0 Å². The molecule has 0 saturated carbocycles. The lowest BCUT2D eigenvalue weighted by molar-refractivity contribution is -0.117. The number of nitrogens with two attached hydrogens (primary N) is 1. The minimum Gasteiger partial charge on any atom is -0.320 e. The zero-order valence-electron chi connectivity index (χ0n) is 13.8. The van der Waals surface area contributed by atoms with Crippen molar-refractivity contribution in [3.8, 4) is 0 Å². The maximum Gasteiger partial charge on any atom is 0.274 e. The molecule has 6 heteroatoms. The molecule has 2 rings (SSSR count). The summed E-state index contributed by atoms with van der Waals surface area (Å²) in [7, 11) is 0. The summed E-state index contributed by atoms with van der Waals surface area (Å²) < 4.78 is 14.4. The van der Waals surface area contributed by atoms with Crippen molar-refractivity contribution < 1.29 is 9.18 Å². The number of carbonyl (C=O) groups excluding carboxylic acids is 1. The van der Waals surface area contributed by atoms with E-state index in [-0.39, 0.29) is 28.9 Å². The number of hydrogen-bond donors (Lipinski definition) is 2. The average molecular weight is 331 g/mol. The van der Waals surface area contributed by atoms with Gasteiger partial charge in [0.2, 0.25) is 5.91 Å². The van der Waals surface area contributed by atoms with Crippen LogP contribution in [0.25, 0.3) is 0 Å². The lowest BCUT2D eigenvalue weighted by atomic mass is 10.0. The molecule has 2 aromatic rings. The molecule has 0 aliphatic rings. The minimum atomic E-state index is -0.657. The van der Waals surface area contributed by atoms with Gasteiger partial charge in [-0.2, -0.15) is 0 Å². The first-order valence-electron chi connectivity index (χ1n) is 7.87. The molecule has 3 N–H and O–H groups in total. The Balaban J connectivity index is 2.14. The van der Waals surface area contributed by atoms with Crippen molar-refractivity contribution in [2.75, 3.05) is 5.32 Å². The summed E-state index contributed by atoms with van der Waals surface area (Å²) in [6.45, 7) is 4.25. The van der Waals surface area contributed by atoms with E-state index in [1.807, 2.05) is 13.8 Å². The fraction of sp³-hybridized carbons (Fsp3) is 0.333. The summed E-state index contributed by atoms with van der Waals surface area (Å²) in [6, 6.07) is 8.48. The summed E-state index contributed by atoms with van der Waals surface area (Å²) >= 11 is 0. The van der Waals surface area contributed by atoms with Crippen molar-refractivity contribution in [2.24, 2.45) is 11.7 Å². The van der Waals surface area contributed by atoms with E-state index in [9.17, 15) is 14.0 Å². The molecule has 1 atom stereocenters. The third-order valence-electron chi connectivity index (χ3n) is 3.61. The summed E-state index contributed by atoms with van der Waals surface area (Å²) in [4.78, 5) is 24.5. The van der Waals surface area contributed by atoms with Crippen LogP contribution in [0.15, 0.2) is 47.4 Å². The number of benzene rings is 1. The zero-order valence-corrected chi connectivity index (χ0v) is 13.8. The van der Waals surface area contributed by atoms with Crippen molar-refractivity contribution in [3.05, 3.63) is 64.3 Å². The number of nitrogens with zero attached hydrogens (tertiary/aromatic N) is 1. The highest BCUT2D eigenvalue weighted by Gasteiger charge is 2.16. The van der Waals surface area contributed by atoms with Gasteiger partial charge in [0.05, 0.1) is 12.6 Å². The van der Waals surface area contributed by atoms with Crippen LogP contribution in [0.3, 0.4) is 0 Å². The normalized spacial score (nSPS) is 12.2. The Morgan fingerprint density at radius 2 is 1.92 bits per heavy atom. The molecule has 0 fully saturated rings. The van der Waals surface area contributed by atoms with Gasteiger partial charge in [-0.25, -0.2) is 4.39 Å². The Morgan fingerprint density at radius 3 is 2.54 bits per heavy atom. The van der Waals surface area contributed by atoms with Crippen molar-refractivity contribution in [3.63, 3.8) is 0 Å². The van der Waals surface area contributed by atoms with Gasteiger partial charge in [-0.15, -0.1) is 0 Å². The highest BCUT2D eigenvalue weighted by atomic mass is 19.1. The number of carbonyl (C=O) groups is 1. The quantitative estimate of drug-likeness (QED) is 0.853. The number of halogens is 1. The average Bonchev–Trinajstić information content (AvgIpc) is 2.52. The molecule has 0 aliphatic heterocycles. The largest absolute Gasteiger partial charge is 0.320 e. The predicted molar refractivity (Wildman–Crippen MR) is 92.3 cm³/mol. The lowest BCUT2D eigenvalue weighted by Gasteiger charge is -2.14. The topological polar surface area (TPSA) is 77.1 Å². The first-order valence-corrected chi connectivity index (χ1v) is 7.87. The molecule has 0 bridgehead atoms. The third-order valence-corrected chi connectivity index (χ3v) is 3.61. The Morgan fingerprint density at radius 1 is 1.25 bits per heavy atom. The van der Waals surface area contributed by atoms with Gasteiger partial charge in [0.1, 0.15) is 11.5 Å². The molecule has 0 unspecified atom stereocenters. The molecule has 0 aliphatic carbocycles. The fourth-order valence-corrected chi connectivity index (χ4v) is 2.38. The number of anilines is 1. The maximum absolute atomic E-state index is 13.0. The molecular formula is C18H22FN3O2. The Bertz CT molecular complexity index is 754. The van der Waals surface area contributed by atoms with Gasteiger partial charge in [0.15, 0.2) is 0 Å². The van der Waals surface area contributed by atoms with Gasteiger partial charge in [-0.1, -0.05) is 26.0 Å². The van der Waals surface area contributed by atoms with Crippen LogP contribution in [0.1, 0.15) is 25.8 Å². The monoisotopic (exact) mass is 331 g/mol. The summed E-state index contributed by atoms with van der Waals surface area (Å²) in [6.07, 6.45) is 2.16. The first kappa shape index (κ1) is 17.9. The fourth-order valence-electron chi connectivity index (χ4n) is 2.38. The standard InChI is InChI=1S/C18H22FN3O2/c1-12(2)10-15(20)17(23)21-16-4-3-9-22(18(16)24)11-13-5-7-14(19)8-6-13/h3-9,12,15H,10-11,20H2,1-2H3,(H,21,23)/t15-/m0/s1. The van der Waals surface area contributed by atoms with Crippen LogP contribution in [0, 0.1) is 11.7 Å². The molecule has 0 spiro atoms. The van der Waals surface area contributed by atoms with Crippen LogP contribution in [-0.4, -0.2) is 16.5 Å². The van der Waals surface area contributed by atoms with Crippen molar-refractivity contribution in [1.29, 1.82) is 0 Å². The van der Waals surface area contributed by atoms with Crippen molar-refractivity contribution >= 4 is 11.6 Å². The summed E-state index contributed by atoms with van der Waals surface area (Å²) in [5, 5.41) is 2.59. The van der Waals surface area contributed by atoms with Gasteiger partial charge in [0, 0.05) is 6.20 Å². The summed E-state index contributed by atoms with van der Waals surface area (Å²) in [5.74, 6) is -0.414. The Hall–Kier alpha value is -2.47. The molecule has 1 aromatic heterocycles. The molecule has 0 radical (unpaired) electrons. The Kier molecular flexibility index (Phi) is 5.87. The SMILES string of the molecule is CC(C)C[C@H](N)C(=O)Nc1cccn(Cc2ccc(F)cc2)c1=O. The second-order valence-electron chi connectivity index (χ2n) is 6.21.